The van der Waals surface area contributed by atoms with Gasteiger partial charge in [-0.1, -0.05) is 46.8 Å². The lowest BCUT2D eigenvalue weighted by Crippen LogP contribution is -2.31. The van der Waals surface area contributed by atoms with Crippen LogP contribution in [0.2, 0.25) is 5.04 Å². The molecule has 0 aliphatic carbocycles. The van der Waals surface area contributed by atoms with E-state index in [9.17, 15) is 0 Å². The normalized spacial score (nSPS) is 13.0. The Hall–Kier alpha value is -1.24. The van der Waals surface area contributed by atoms with Gasteiger partial charge in [-0.2, -0.15) is 0 Å². The molecule has 3 rings (SSSR count). The van der Waals surface area contributed by atoms with Crippen LogP contribution in [0.5, 0.6) is 5.75 Å². The van der Waals surface area contributed by atoms with E-state index in [1.54, 1.807) is 11.3 Å². The zero-order chi connectivity index (χ0) is 18.2. The molecule has 2 aromatic heterocycles. The van der Waals surface area contributed by atoms with Crippen molar-refractivity contribution in [1.82, 2.24) is 9.97 Å². The van der Waals surface area contributed by atoms with Gasteiger partial charge in [0.25, 0.3) is 0 Å². The molecule has 2 heterocycles. The smallest absolute Gasteiger partial charge is 0.225 e. The topological polar surface area (TPSA) is 35.0 Å². The molecule has 0 bridgehead atoms. The molecule has 25 heavy (non-hydrogen) atoms. The summed E-state index contributed by atoms with van der Waals surface area (Å²) < 4.78 is 8.16. The van der Waals surface area contributed by atoms with Gasteiger partial charge in [-0.3, -0.25) is 0 Å². The van der Waals surface area contributed by atoms with Crippen molar-refractivity contribution < 1.29 is 4.43 Å². The number of hydrogen-bond acceptors (Lipinski definition) is 4. The lowest BCUT2D eigenvalue weighted by atomic mass is 9.82. The number of halogens is 1. The molecule has 0 aliphatic heterocycles. The van der Waals surface area contributed by atoms with E-state index in [1.807, 2.05) is 35.7 Å². The number of aromatic nitrogens is 2. The molecule has 0 N–H and O–H groups in total. The quantitative estimate of drug-likeness (QED) is 0.382. The van der Waals surface area contributed by atoms with E-state index in [-0.39, 0.29) is 10.5 Å². The summed E-state index contributed by atoms with van der Waals surface area (Å²) in [6, 6.07) is 10.1. The molecule has 0 unspecified atom stereocenters. The standard InChI is InChI=1S/C19H23BrN2OSSi/c1-18(2,3)19(4,5)25-23-13-8-6-7-12(11-13)17-21-14-9-10-24-15(14)16(20)22-17/h6-11H,25H2,1-5H3. The highest BCUT2D eigenvalue weighted by atomic mass is 79.9. The van der Waals surface area contributed by atoms with Gasteiger partial charge in [0.2, 0.25) is 9.76 Å². The Morgan fingerprint density at radius 1 is 1.08 bits per heavy atom. The molecular weight excluding hydrogens is 412 g/mol. The lowest BCUT2D eigenvalue weighted by Gasteiger charge is -2.37. The third-order valence-corrected chi connectivity index (χ3v) is 8.99. The highest BCUT2D eigenvalue weighted by molar-refractivity contribution is 9.10. The highest BCUT2D eigenvalue weighted by Gasteiger charge is 2.34. The Balaban J connectivity index is 1.86. The van der Waals surface area contributed by atoms with Crippen molar-refractivity contribution >= 4 is 47.2 Å². The minimum absolute atomic E-state index is 0.206. The molecule has 0 aliphatic rings. The third kappa shape index (κ3) is 3.96. The Bertz CT molecular complexity index is 902. The van der Waals surface area contributed by atoms with Gasteiger partial charge in [-0.05, 0) is 50.0 Å². The number of hydrogen-bond donors (Lipinski definition) is 0. The first-order valence-corrected chi connectivity index (χ1v) is 11.3. The molecule has 0 spiro atoms. The van der Waals surface area contributed by atoms with Crippen LogP contribution >= 0.6 is 27.3 Å². The van der Waals surface area contributed by atoms with Gasteiger partial charge in [-0.15, -0.1) is 11.3 Å². The van der Waals surface area contributed by atoms with Gasteiger partial charge >= 0.3 is 0 Å². The number of benzene rings is 1. The molecule has 0 radical (unpaired) electrons. The van der Waals surface area contributed by atoms with Gasteiger partial charge in [0.05, 0.1) is 10.2 Å². The van der Waals surface area contributed by atoms with Crippen molar-refractivity contribution in [3.05, 3.63) is 40.3 Å². The molecule has 0 saturated heterocycles. The number of thiophene rings is 1. The van der Waals surface area contributed by atoms with E-state index in [0.717, 1.165) is 32.0 Å². The Kier molecular flexibility index (Phi) is 5.06. The summed E-state index contributed by atoms with van der Waals surface area (Å²) in [5.41, 5.74) is 2.18. The van der Waals surface area contributed by atoms with Gasteiger partial charge in [0, 0.05) is 5.56 Å². The fraction of sp³-hybridized carbons (Fsp3) is 0.368. The molecule has 0 saturated carbocycles. The lowest BCUT2D eigenvalue weighted by molar-refractivity contribution is 0.282. The van der Waals surface area contributed by atoms with Gasteiger partial charge in [-0.25, -0.2) is 9.97 Å². The van der Waals surface area contributed by atoms with Gasteiger partial charge < -0.3 is 4.43 Å². The van der Waals surface area contributed by atoms with Crippen LogP contribution < -0.4 is 4.43 Å². The van der Waals surface area contributed by atoms with Crippen molar-refractivity contribution in [2.24, 2.45) is 5.41 Å². The predicted molar refractivity (Wildman–Crippen MR) is 113 cm³/mol. The zero-order valence-electron chi connectivity index (χ0n) is 15.3. The van der Waals surface area contributed by atoms with Crippen LogP contribution in [0.4, 0.5) is 0 Å². The van der Waals surface area contributed by atoms with E-state index in [4.69, 9.17) is 4.43 Å². The fourth-order valence-corrected chi connectivity index (χ4v) is 4.66. The summed E-state index contributed by atoms with van der Waals surface area (Å²) in [5, 5.41) is 2.24. The van der Waals surface area contributed by atoms with Crippen LogP contribution in [0, 0.1) is 5.41 Å². The second-order valence-electron chi connectivity index (χ2n) is 7.92. The summed E-state index contributed by atoms with van der Waals surface area (Å²) in [7, 11) is -0.740. The number of fused-ring (bicyclic) bond motifs is 1. The summed E-state index contributed by atoms with van der Waals surface area (Å²) in [6.07, 6.45) is 0. The Labute approximate surface area is 163 Å². The summed E-state index contributed by atoms with van der Waals surface area (Å²) in [4.78, 5) is 9.29. The van der Waals surface area contributed by atoms with Crippen LogP contribution in [0.1, 0.15) is 34.6 Å². The minimum Gasteiger partial charge on any atom is -0.549 e. The van der Waals surface area contributed by atoms with Crippen molar-refractivity contribution in [3.63, 3.8) is 0 Å². The first kappa shape index (κ1) is 18.5. The van der Waals surface area contributed by atoms with Crippen LogP contribution in [0.25, 0.3) is 21.6 Å². The monoisotopic (exact) mass is 434 g/mol. The van der Waals surface area contributed by atoms with E-state index in [0.29, 0.717) is 0 Å². The molecule has 6 heteroatoms. The fourth-order valence-electron chi connectivity index (χ4n) is 2.16. The maximum atomic E-state index is 6.24. The first-order chi connectivity index (χ1) is 11.7. The van der Waals surface area contributed by atoms with Crippen LogP contribution in [0.15, 0.2) is 40.3 Å². The third-order valence-electron chi connectivity index (χ3n) is 4.98. The summed E-state index contributed by atoms with van der Waals surface area (Å²) >= 11 is 5.20. The van der Waals surface area contributed by atoms with Crippen LogP contribution in [0.3, 0.4) is 0 Å². The summed E-state index contributed by atoms with van der Waals surface area (Å²) in [5.74, 6) is 1.63. The molecule has 0 amide bonds. The van der Waals surface area contributed by atoms with Crippen LogP contribution in [-0.4, -0.2) is 19.7 Å². The number of rotatable bonds is 4. The zero-order valence-corrected chi connectivity index (χ0v) is 19.1. The van der Waals surface area contributed by atoms with Crippen molar-refractivity contribution in [3.8, 4) is 17.1 Å². The van der Waals surface area contributed by atoms with Gasteiger partial charge in [0.1, 0.15) is 10.4 Å². The molecule has 0 fully saturated rings. The molecule has 3 nitrogen and oxygen atoms in total. The summed E-state index contributed by atoms with van der Waals surface area (Å²) in [6.45, 7) is 11.4. The average Bonchev–Trinajstić information content (AvgIpc) is 3.01. The molecule has 3 aromatic rings. The van der Waals surface area contributed by atoms with Crippen molar-refractivity contribution in [2.45, 2.75) is 39.7 Å². The first-order valence-electron chi connectivity index (χ1n) is 8.31. The second kappa shape index (κ2) is 6.82. The van der Waals surface area contributed by atoms with E-state index in [2.05, 4.69) is 60.5 Å². The van der Waals surface area contributed by atoms with Crippen molar-refractivity contribution in [1.29, 1.82) is 0 Å². The second-order valence-corrected chi connectivity index (χ2v) is 11.9. The van der Waals surface area contributed by atoms with E-state index < -0.39 is 9.76 Å². The maximum absolute atomic E-state index is 6.24. The molecule has 0 atom stereocenters. The maximum Gasteiger partial charge on any atom is 0.225 e. The SMILES string of the molecule is CC(C)(C)C(C)(C)[SiH2]Oc1cccc(-c2nc(Br)c3sccc3n2)c1. The molecule has 1 aromatic carbocycles. The Morgan fingerprint density at radius 3 is 2.56 bits per heavy atom. The average molecular weight is 435 g/mol. The van der Waals surface area contributed by atoms with E-state index >= 15 is 0 Å². The number of nitrogens with zero attached hydrogens (tertiary/aromatic N) is 2. The molecule has 132 valence electrons. The predicted octanol–water partition coefficient (Wildman–Crippen LogP) is 5.83. The molecular formula is C19H23BrN2OSSi. The van der Waals surface area contributed by atoms with Crippen LogP contribution in [-0.2, 0) is 0 Å². The minimum atomic E-state index is -0.740. The Morgan fingerprint density at radius 2 is 1.84 bits per heavy atom. The van der Waals surface area contributed by atoms with E-state index in [1.165, 1.54) is 0 Å². The van der Waals surface area contributed by atoms with Gasteiger partial charge in [0.15, 0.2) is 5.82 Å². The highest BCUT2D eigenvalue weighted by Crippen LogP contribution is 2.43. The largest absolute Gasteiger partial charge is 0.549 e. The van der Waals surface area contributed by atoms with Crippen molar-refractivity contribution in [2.75, 3.05) is 0 Å².